The lowest BCUT2D eigenvalue weighted by atomic mass is 10.0. The molecule has 1 aromatic carbocycles. The Morgan fingerprint density at radius 3 is 1.56 bits per heavy atom. The summed E-state index contributed by atoms with van der Waals surface area (Å²) in [6.07, 6.45) is -10.6. The fraction of sp³-hybridized carbons (Fsp3) is 0.333. The van der Waals surface area contributed by atoms with Crippen LogP contribution in [0.15, 0.2) is 12.1 Å². The fourth-order valence-electron chi connectivity index (χ4n) is 1.32. The van der Waals surface area contributed by atoms with Crippen LogP contribution in [0.5, 0.6) is 0 Å². The van der Waals surface area contributed by atoms with Crippen molar-refractivity contribution >= 4 is 0 Å². The van der Waals surface area contributed by atoms with Crippen LogP contribution in [0.1, 0.15) is 16.7 Å². The number of halogens is 7. The van der Waals surface area contributed by atoms with Crippen molar-refractivity contribution in [2.75, 3.05) is 0 Å². The van der Waals surface area contributed by atoms with Gasteiger partial charge in [-0.3, -0.25) is 0 Å². The first-order chi connectivity index (χ1) is 7.05. The Morgan fingerprint density at radius 1 is 0.812 bits per heavy atom. The second-order valence-electron chi connectivity index (χ2n) is 3.11. The minimum Gasteiger partial charge on any atom is -0.206 e. The van der Waals surface area contributed by atoms with Crippen molar-refractivity contribution in [2.24, 2.45) is 0 Å². The third-order valence-corrected chi connectivity index (χ3v) is 1.93. The van der Waals surface area contributed by atoms with Crippen molar-refractivity contribution in [3.63, 3.8) is 0 Å². The van der Waals surface area contributed by atoms with Crippen LogP contribution >= 0.6 is 0 Å². The van der Waals surface area contributed by atoms with E-state index in [0.29, 0.717) is 12.1 Å². The van der Waals surface area contributed by atoms with Gasteiger partial charge in [-0.15, -0.1) is 0 Å². The molecule has 1 aromatic rings. The Labute approximate surface area is 85.7 Å². The molecule has 16 heavy (non-hydrogen) atoms. The van der Waals surface area contributed by atoms with E-state index in [1.54, 1.807) is 0 Å². The second kappa shape index (κ2) is 3.64. The predicted octanol–water partition coefficient (Wildman–Crippen LogP) is 4.17. The van der Waals surface area contributed by atoms with Gasteiger partial charge in [-0.25, -0.2) is 4.39 Å². The van der Waals surface area contributed by atoms with Gasteiger partial charge in [-0.05, 0) is 18.6 Å². The van der Waals surface area contributed by atoms with Gasteiger partial charge in [-0.1, -0.05) is 6.07 Å². The topological polar surface area (TPSA) is 0 Å². The van der Waals surface area contributed by atoms with Gasteiger partial charge in [0, 0.05) is 0 Å². The van der Waals surface area contributed by atoms with E-state index in [4.69, 9.17) is 0 Å². The molecule has 0 saturated heterocycles. The molecular formula is C9H5F7. The zero-order valence-corrected chi connectivity index (χ0v) is 7.80. The molecule has 0 unspecified atom stereocenters. The monoisotopic (exact) mass is 246 g/mol. The zero-order chi connectivity index (χ0) is 12.7. The normalized spacial score (nSPS) is 13.0. The summed E-state index contributed by atoms with van der Waals surface area (Å²) in [4.78, 5) is 0. The van der Waals surface area contributed by atoms with Gasteiger partial charge in [0.15, 0.2) is 0 Å². The van der Waals surface area contributed by atoms with Crippen LogP contribution in [0.2, 0.25) is 0 Å². The summed E-state index contributed by atoms with van der Waals surface area (Å²) in [5.74, 6) is -1.93. The van der Waals surface area contributed by atoms with Crippen molar-refractivity contribution in [3.8, 4) is 0 Å². The Kier molecular flexibility index (Phi) is 2.91. The summed E-state index contributed by atoms with van der Waals surface area (Å²) < 4.78 is 86.7. The molecular weight excluding hydrogens is 241 g/mol. The molecule has 90 valence electrons. The van der Waals surface area contributed by atoms with Crippen LogP contribution in [0.4, 0.5) is 30.7 Å². The molecule has 0 aliphatic heterocycles. The van der Waals surface area contributed by atoms with Crippen LogP contribution in [0.3, 0.4) is 0 Å². The van der Waals surface area contributed by atoms with Gasteiger partial charge in [0.05, 0.1) is 5.56 Å². The van der Waals surface area contributed by atoms with E-state index in [0.717, 1.165) is 6.92 Å². The zero-order valence-electron chi connectivity index (χ0n) is 7.80. The first kappa shape index (κ1) is 12.8. The van der Waals surface area contributed by atoms with Gasteiger partial charge >= 0.3 is 12.4 Å². The smallest absolute Gasteiger partial charge is 0.206 e. The molecule has 0 fully saturated rings. The quantitative estimate of drug-likeness (QED) is 0.602. The maximum absolute atomic E-state index is 12.8. The Balaban J connectivity index is 3.64. The first-order valence-electron chi connectivity index (χ1n) is 3.98. The van der Waals surface area contributed by atoms with Gasteiger partial charge in [0.2, 0.25) is 0 Å². The van der Waals surface area contributed by atoms with E-state index in [2.05, 4.69) is 0 Å². The highest BCUT2D eigenvalue weighted by molar-refractivity contribution is 5.39. The first-order valence-corrected chi connectivity index (χ1v) is 3.98. The minimum absolute atomic E-state index is 0.368. The maximum Gasteiger partial charge on any atom is 0.419 e. The van der Waals surface area contributed by atoms with Crippen molar-refractivity contribution in [1.29, 1.82) is 0 Å². The summed E-state index contributed by atoms with van der Waals surface area (Å²) in [5.41, 5.74) is -4.90. The fourth-order valence-corrected chi connectivity index (χ4v) is 1.32. The molecule has 0 radical (unpaired) electrons. The second-order valence-corrected chi connectivity index (χ2v) is 3.11. The molecule has 0 aliphatic rings. The largest absolute Gasteiger partial charge is 0.419 e. The van der Waals surface area contributed by atoms with Crippen molar-refractivity contribution in [1.82, 2.24) is 0 Å². The van der Waals surface area contributed by atoms with E-state index in [9.17, 15) is 30.7 Å². The number of hydrogen-bond donors (Lipinski definition) is 0. The third-order valence-electron chi connectivity index (χ3n) is 1.93. The lowest BCUT2D eigenvalue weighted by Gasteiger charge is -2.18. The van der Waals surface area contributed by atoms with Crippen LogP contribution in [0.25, 0.3) is 0 Å². The van der Waals surface area contributed by atoms with Crippen LogP contribution in [-0.4, -0.2) is 0 Å². The van der Waals surface area contributed by atoms with E-state index >= 15 is 0 Å². The van der Waals surface area contributed by atoms with Crippen LogP contribution in [-0.2, 0) is 12.4 Å². The standard InChI is InChI=1S/C9H5F7/c1-4-2-3-5(10)7(9(14,15)16)6(4)8(11,12)13/h2-3H,1H3. The predicted molar refractivity (Wildman–Crippen MR) is 41.1 cm³/mol. The van der Waals surface area contributed by atoms with E-state index < -0.39 is 34.9 Å². The average molecular weight is 246 g/mol. The molecule has 0 atom stereocenters. The van der Waals surface area contributed by atoms with Gasteiger partial charge in [0.1, 0.15) is 11.4 Å². The molecule has 0 saturated carbocycles. The van der Waals surface area contributed by atoms with Crippen molar-refractivity contribution in [3.05, 3.63) is 34.6 Å². The number of hydrogen-bond acceptors (Lipinski definition) is 0. The number of alkyl halides is 6. The molecule has 0 aromatic heterocycles. The Hall–Kier alpha value is -1.27. The van der Waals surface area contributed by atoms with Gasteiger partial charge in [-0.2, -0.15) is 26.3 Å². The van der Waals surface area contributed by atoms with Crippen LogP contribution < -0.4 is 0 Å². The van der Waals surface area contributed by atoms with Gasteiger partial charge in [0.25, 0.3) is 0 Å². The molecule has 0 amide bonds. The van der Waals surface area contributed by atoms with Crippen molar-refractivity contribution < 1.29 is 30.7 Å². The number of benzene rings is 1. The Morgan fingerprint density at radius 2 is 1.25 bits per heavy atom. The van der Waals surface area contributed by atoms with E-state index in [1.165, 1.54) is 0 Å². The number of rotatable bonds is 0. The summed E-state index contributed by atoms with van der Waals surface area (Å²) in [6.45, 7) is 0.845. The maximum atomic E-state index is 12.8. The molecule has 0 spiro atoms. The highest BCUT2D eigenvalue weighted by atomic mass is 19.4. The number of aryl methyl sites for hydroxylation is 1. The van der Waals surface area contributed by atoms with E-state index in [-0.39, 0.29) is 0 Å². The molecule has 0 nitrogen and oxygen atoms in total. The lowest BCUT2D eigenvalue weighted by Crippen LogP contribution is -2.20. The van der Waals surface area contributed by atoms with E-state index in [1.807, 2.05) is 0 Å². The lowest BCUT2D eigenvalue weighted by molar-refractivity contribution is -0.164. The third kappa shape index (κ3) is 2.28. The molecule has 1 rings (SSSR count). The van der Waals surface area contributed by atoms with Crippen molar-refractivity contribution in [2.45, 2.75) is 19.3 Å². The summed E-state index contributed by atoms with van der Waals surface area (Å²) in [5, 5.41) is 0. The Bertz CT molecular complexity index is 361. The molecule has 0 bridgehead atoms. The average Bonchev–Trinajstić information content (AvgIpc) is 2.04. The summed E-state index contributed by atoms with van der Waals surface area (Å²) >= 11 is 0. The summed E-state index contributed by atoms with van der Waals surface area (Å²) in [7, 11) is 0. The minimum atomic E-state index is -5.37. The molecule has 7 heteroatoms. The highest BCUT2D eigenvalue weighted by Gasteiger charge is 2.46. The molecule has 0 N–H and O–H groups in total. The highest BCUT2D eigenvalue weighted by Crippen LogP contribution is 2.42. The van der Waals surface area contributed by atoms with Gasteiger partial charge < -0.3 is 0 Å². The molecule has 0 heterocycles. The molecule has 0 aliphatic carbocycles. The SMILES string of the molecule is Cc1ccc(F)c(C(F)(F)F)c1C(F)(F)F. The van der Waals surface area contributed by atoms with Crippen LogP contribution in [0, 0.1) is 12.7 Å². The summed E-state index contributed by atoms with van der Waals surface area (Å²) in [6, 6.07) is 1.03.